The molecule has 2 heterocycles. The van der Waals surface area contributed by atoms with Crippen LogP contribution in [0.3, 0.4) is 0 Å². The number of hydrogen-bond donors (Lipinski definition) is 3. The molecule has 0 bridgehead atoms. The lowest BCUT2D eigenvalue weighted by Crippen LogP contribution is -2.49. The minimum Gasteiger partial charge on any atom is -0.327 e. The summed E-state index contributed by atoms with van der Waals surface area (Å²) in [5.41, 5.74) is 5.22. The van der Waals surface area contributed by atoms with Gasteiger partial charge < -0.3 is 11.1 Å². The van der Waals surface area contributed by atoms with Crippen molar-refractivity contribution in [3.8, 4) is 0 Å². The molecule has 0 saturated carbocycles. The van der Waals surface area contributed by atoms with Crippen molar-refractivity contribution in [3.63, 3.8) is 0 Å². The van der Waals surface area contributed by atoms with E-state index in [1.54, 1.807) is 6.92 Å². The summed E-state index contributed by atoms with van der Waals surface area (Å²) < 4.78 is 0. The molecule has 1 saturated heterocycles. The minimum absolute atomic E-state index is 0.0209. The van der Waals surface area contributed by atoms with Crippen LogP contribution in [0.1, 0.15) is 15.6 Å². The van der Waals surface area contributed by atoms with Crippen LogP contribution in [0.5, 0.6) is 0 Å². The Labute approximate surface area is 96.2 Å². The van der Waals surface area contributed by atoms with E-state index in [4.69, 9.17) is 5.73 Å². The van der Waals surface area contributed by atoms with Crippen LogP contribution in [0.4, 0.5) is 4.79 Å². The fourth-order valence-corrected chi connectivity index (χ4v) is 2.89. The highest BCUT2D eigenvalue weighted by Gasteiger charge is 2.48. The Morgan fingerprint density at radius 2 is 2.12 bits per heavy atom. The Morgan fingerprint density at radius 3 is 2.50 bits per heavy atom. The first-order valence-electron chi connectivity index (χ1n) is 4.78. The van der Waals surface area contributed by atoms with Gasteiger partial charge in [0.25, 0.3) is 5.91 Å². The molecule has 1 fully saturated rings. The maximum absolute atomic E-state index is 11.8. The Bertz CT molecular complexity index is 470. The van der Waals surface area contributed by atoms with Crippen LogP contribution in [0.15, 0.2) is 0 Å². The van der Waals surface area contributed by atoms with Gasteiger partial charge in [0.15, 0.2) is 5.54 Å². The molecule has 0 spiro atoms. The molecular formula is C9H12N4O2S. The fraction of sp³-hybridized carbons (Fsp3) is 0.444. The standard InChI is InChI=1S/C9H12N4O2S/c1-4-6(16-5(2)11-4)9(3-10)7(14)12-8(15)13-9/h3,10H2,1-2H3,(H2,12,13,14,15). The highest BCUT2D eigenvalue weighted by Crippen LogP contribution is 2.31. The number of nitrogens with zero attached hydrogens (tertiary/aromatic N) is 1. The van der Waals surface area contributed by atoms with Gasteiger partial charge in [0, 0.05) is 6.54 Å². The van der Waals surface area contributed by atoms with Crippen LogP contribution in [-0.4, -0.2) is 23.5 Å². The molecule has 4 N–H and O–H groups in total. The van der Waals surface area contributed by atoms with Gasteiger partial charge in [-0.1, -0.05) is 0 Å². The van der Waals surface area contributed by atoms with Gasteiger partial charge in [-0.3, -0.25) is 10.1 Å². The van der Waals surface area contributed by atoms with Crippen molar-refractivity contribution in [2.75, 3.05) is 6.54 Å². The highest BCUT2D eigenvalue weighted by molar-refractivity contribution is 7.12. The molecule has 2 rings (SSSR count). The fourth-order valence-electron chi connectivity index (χ4n) is 1.82. The number of amides is 3. The monoisotopic (exact) mass is 240 g/mol. The molecule has 3 amide bonds. The number of imide groups is 1. The number of carbonyl (C=O) groups is 2. The van der Waals surface area contributed by atoms with Crippen molar-refractivity contribution in [3.05, 3.63) is 15.6 Å². The second kappa shape index (κ2) is 3.53. The number of rotatable bonds is 2. The molecule has 7 heteroatoms. The van der Waals surface area contributed by atoms with Gasteiger partial charge >= 0.3 is 6.03 Å². The predicted molar refractivity (Wildman–Crippen MR) is 59.0 cm³/mol. The van der Waals surface area contributed by atoms with Crippen molar-refractivity contribution < 1.29 is 9.59 Å². The molecule has 1 aromatic heterocycles. The summed E-state index contributed by atoms with van der Waals surface area (Å²) in [4.78, 5) is 28.0. The average molecular weight is 240 g/mol. The summed E-state index contributed by atoms with van der Waals surface area (Å²) in [6.45, 7) is 3.67. The normalized spacial score (nSPS) is 24.4. The first kappa shape index (κ1) is 11.0. The van der Waals surface area contributed by atoms with E-state index in [9.17, 15) is 9.59 Å². The quantitative estimate of drug-likeness (QED) is 0.621. The van der Waals surface area contributed by atoms with E-state index in [0.29, 0.717) is 4.88 Å². The third-order valence-electron chi connectivity index (χ3n) is 2.54. The van der Waals surface area contributed by atoms with Crippen molar-refractivity contribution in [1.82, 2.24) is 15.6 Å². The third-order valence-corrected chi connectivity index (χ3v) is 3.77. The zero-order valence-electron chi connectivity index (χ0n) is 8.96. The summed E-state index contributed by atoms with van der Waals surface area (Å²) >= 11 is 1.37. The maximum Gasteiger partial charge on any atom is 0.322 e. The van der Waals surface area contributed by atoms with Crippen molar-refractivity contribution in [1.29, 1.82) is 0 Å². The van der Waals surface area contributed by atoms with Crippen molar-refractivity contribution in [2.24, 2.45) is 5.73 Å². The molecule has 86 valence electrons. The zero-order chi connectivity index (χ0) is 11.9. The molecule has 1 atom stereocenters. The lowest BCUT2D eigenvalue weighted by molar-refractivity contribution is -0.123. The van der Waals surface area contributed by atoms with Crippen molar-refractivity contribution >= 4 is 23.3 Å². The number of carbonyl (C=O) groups excluding carboxylic acids is 2. The smallest absolute Gasteiger partial charge is 0.322 e. The molecular weight excluding hydrogens is 228 g/mol. The van der Waals surface area contributed by atoms with E-state index in [1.807, 2.05) is 6.92 Å². The van der Waals surface area contributed by atoms with E-state index >= 15 is 0 Å². The number of aromatic nitrogens is 1. The van der Waals surface area contributed by atoms with E-state index in [-0.39, 0.29) is 6.54 Å². The lowest BCUT2D eigenvalue weighted by atomic mass is 9.97. The molecule has 0 aliphatic carbocycles. The molecule has 0 aromatic carbocycles. The average Bonchev–Trinajstić information content (AvgIpc) is 2.67. The summed E-state index contributed by atoms with van der Waals surface area (Å²) in [5, 5.41) is 5.63. The number of hydrogen-bond acceptors (Lipinski definition) is 5. The Kier molecular flexibility index (Phi) is 2.43. The highest BCUT2D eigenvalue weighted by atomic mass is 32.1. The van der Waals surface area contributed by atoms with Crippen LogP contribution >= 0.6 is 11.3 Å². The lowest BCUT2D eigenvalue weighted by Gasteiger charge is -2.22. The second-order valence-corrected chi connectivity index (χ2v) is 4.87. The van der Waals surface area contributed by atoms with Gasteiger partial charge in [0.05, 0.1) is 15.6 Å². The van der Waals surface area contributed by atoms with Crippen LogP contribution in [0.25, 0.3) is 0 Å². The Balaban J connectivity index is 2.54. The number of urea groups is 1. The summed E-state index contributed by atoms with van der Waals surface area (Å²) in [6.07, 6.45) is 0. The van der Waals surface area contributed by atoms with Gasteiger partial charge in [0.2, 0.25) is 0 Å². The van der Waals surface area contributed by atoms with Gasteiger partial charge in [-0.05, 0) is 13.8 Å². The molecule has 1 aromatic rings. The van der Waals surface area contributed by atoms with E-state index in [2.05, 4.69) is 15.6 Å². The van der Waals surface area contributed by atoms with Gasteiger partial charge in [-0.15, -0.1) is 11.3 Å². The minimum atomic E-state index is -1.15. The Hall–Kier alpha value is -1.47. The van der Waals surface area contributed by atoms with Crippen LogP contribution < -0.4 is 16.4 Å². The third kappa shape index (κ3) is 1.40. The second-order valence-electron chi connectivity index (χ2n) is 3.67. The molecule has 6 nitrogen and oxygen atoms in total. The van der Waals surface area contributed by atoms with Crippen LogP contribution in [0.2, 0.25) is 0 Å². The van der Waals surface area contributed by atoms with Crippen LogP contribution in [0, 0.1) is 13.8 Å². The number of aryl methyl sites for hydroxylation is 2. The van der Waals surface area contributed by atoms with E-state index < -0.39 is 17.5 Å². The topological polar surface area (TPSA) is 97.1 Å². The zero-order valence-corrected chi connectivity index (χ0v) is 9.77. The first-order valence-corrected chi connectivity index (χ1v) is 5.59. The van der Waals surface area contributed by atoms with Gasteiger partial charge in [-0.2, -0.15) is 0 Å². The maximum atomic E-state index is 11.8. The van der Waals surface area contributed by atoms with Gasteiger partial charge in [-0.25, -0.2) is 9.78 Å². The molecule has 1 unspecified atom stereocenters. The molecule has 0 radical (unpaired) electrons. The van der Waals surface area contributed by atoms with E-state index in [1.165, 1.54) is 11.3 Å². The van der Waals surface area contributed by atoms with Crippen molar-refractivity contribution in [2.45, 2.75) is 19.4 Å². The predicted octanol–water partition coefficient (Wildman–Crippen LogP) is -0.247. The first-order chi connectivity index (χ1) is 7.49. The Morgan fingerprint density at radius 1 is 1.44 bits per heavy atom. The molecule has 16 heavy (non-hydrogen) atoms. The summed E-state index contributed by atoms with van der Waals surface area (Å²) in [7, 11) is 0. The SMILES string of the molecule is Cc1nc(C)c(C2(CN)NC(=O)NC2=O)s1. The van der Waals surface area contributed by atoms with Crippen LogP contribution in [-0.2, 0) is 10.3 Å². The molecule has 1 aliphatic rings. The summed E-state index contributed by atoms with van der Waals surface area (Å²) in [5.74, 6) is -0.410. The van der Waals surface area contributed by atoms with E-state index in [0.717, 1.165) is 10.7 Å². The largest absolute Gasteiger partial charge is 0.327 e. The summed E-state index contributed by atoms with van der Waals surface area (Å²) in [6, 6.07) is -0.513. The number of nitrogens with one attached hydrogen (secondary N) is 2. The number of thiazole rings is 1. The molecule has 1 aliphatic heterocycles. The van der Waals surface area contributed by atoms with Gasteiger partial charge in [0.1, 0.15) is 0 Å². The number of nitrogens with two attached hydrogens (primary N) is 1.